The zero-order valence-corrected chi connectivity index (χ0v) is 23.7. The Morgan fingerprint density at radius 1 is 1.22 bits per heavy atom. The van der Waals surface area contributed by atoms with Gasteiger partial charge >= 0.3 is 0 Å². The SMILES string of the molecule is Cc1cc(C(=O)N2CC[C@H](NC(=O)c3snnc3C)C[C@H]2C(=O)N[C@H](Cc2c[nH]c3ccccc23)C(N)=O)n(C)n1. The molecule has 4 aromatic rings. The lowest BCUT2D eigenvalue weighted by Crippen LogP contribution is -2.60. The van der Waals surface area contributed by atoms with Crippen LogP contribution in [-0.2, 0) is 23.1 Å². The largest absolute Gasteiger partial charge is 0.368 e. The van der Waals surface area contributed by atoms with Crippen molar-refractivity contribution in [1.29, 1.82) is 0 Å². The number of carbonyl (C=O) groups excluding carboxylic acids is 4. The quantitative estimate of drug-likeness (QED) is 0.241. The zero-order chi connectivity index (χ0) is 29.3. The van der Waals surface area contributed by atoms with Gasteiger partial charge in [0.1, 0.15) is 22.7 Å². The first kappa shape index (κ1) is 28.0. The van der Waals surface area contributed by atoms with Crippen LogP contribution in [0.1, 0.15) is 50.0 Å². The van der Waals surface area contributed by atoms with E-state index < -0.39 is 29.9 Å². The molecule has 4 heterocycles. The maximum atomic E-state index is 13.8. The van der Waals surface area contributed by atoms with E-state index in [9.17, 15) is 19.2 Å². The van der Waals surface area contributed by atoms with Gasteiger partial charge in [-0.15, -0.1) is 5.10 Å². The van der Waals surface area contributed by atoms with Crippen LogP contribution in [0.4, 0.5) is 0 Å². The average molecular weight is 578 g/mol. The van der Waals surface area contributed by atoms with Crippen LogP contribution in [0.2, 0.25) is 0 Å². The molecule has 0 bridgehead atoms. The standard InChI is InChI=1S/C27H31N9O4S/c1-14-10-22(35(3)33-14)27(40)36-9-8-17(30-26(39)23-15(2)32-34-41-23)12-21(36)25(38)31-20(24(28)37)11-16-13-29-19-7-5-4-6-18(16)19/h4-7,10,13,17,20-21,29H,8-9,11-12H2,1-3H3,(H2,28,37)(H,30,39)(H,31,38)/t17-,20+,21-/m0/s1. The lowest BCUT2D eigenvalue weighted by Gasteiger charge is -2.39. The average Bonchev–Trinajstić information content (AvgIpc) is 3.65. The second kappa shape index (κ2) is 11.5. The molecule has 0 unspecified atom stereocenters. The van der Waals surface area contributed by atoms with Gasteiger partial charge in [-0.2, -0.15) is 5.10 Å². The molecule has 41 heavy (non-hydrogen) atoms. The van der Waals surface area contributed by atoms with Crippen molar-refractivity contribution >= 4 is 46.1 Å². The molecule has 1 aliphatic rings. The molecule has 1 fully saturated rings. The minimum Gasteiger partial charge on any atom is -0.368 e. The van der Waals surface area contributed by atoms with Gasteiger partial charge in [-0.1, -0.05) is 22.7 Å². The summed E-state index contributed by atoms with van der Waals surface area (Å²) in [5.41, 5.74) is 8.96. The number of hydrogen-bond donors (Lipinski definition) is 4. The number of likely N-dealkylation sites (tertiary alicyclic amines) is 1. The maximum absolute atomic E-state index is 13.8. The number of carbonyl (C=O) groups is 4. The Morgan fingerprint density at radius 2 is 2.00 bits per heavy atom. The number of rotatable bonds is 8. The topological polar surface area (TPSA) is 181 Å². The predicted octanol–water partition coefficient (Wildman–Crippen LogP) is 0.986. The van der Waals surface area contributed by atoms with Gasteiger partial charge in [0.15, 0.2) is 0 Å². The molecule has 0 aliphatic carbocycles. The van der Waals surface area contributed by atoms with Crippen molar-refractivity contribution in [3.05, 3.63) is 64.1 Å². The van der Waals surface area contributed by atoms with Crippen LogP contribution in [0.15, 0.2) is 36.5 Å². The summed E-state index contributed by atoms with van der Waals surface area (Å²) in [6.45, 7) is 3.68. The second-order valence-corrected chi connectivity index (χ2v) is 11.0. The number of H-pyrrole nitrogens is 1. The van der Waals surface area contributed by atoms with E-state index in [1.807, 2.05) is 24.3 Å². The smallest absolute Gasteiger partial charge is 0.272 e. The molecule has 13 nitrogen and oxygen atoms in total. The number of amides is 4. The minimum atomic E-state index is -1.02. The van der Waals surface area contributed by atoms with E-state index in [2.05, 4.69) is 30.3 Å². The van der Waals surface area contributed by atoms with Crippen molar-refractivity contribution in [3.63, 3.8) is 0 Å². The van der Waals surface area contributed by atoms with Gasteiger partial charge in [-0.25, -0.2) is 0 Å². The molecule has 0 saturated carbocycles. The Kier molecular flexibility index (Phi) is 7.83. The van der Waals surface area contributed by atoms with Crippen molar-refractivity contribution in [1.82, 2.24) is 39.9 Å². The van der Waals surface area contributed by atoms with Crippen molar-refractivity contribution in [3.8, 4) is 0 Å². The third kappa shape index (κ3) is 5.82. The molecule has 3 aromatic heterocycles. The number of nitrogens with two attached hydrogens (primary N) is 1. The molecule has 214 valence electrons. The van der Waals surface area contributed by atoms with Crippen LogP contribution < -0.4 is 16.4 Å². The third-order valence-corrected chi connectivity index (χ3v) is 8.17. The Morgan fingerprint density at radius 3 is 2.68 bits per heavy atom. The van der Waals surface area contributed by atoms with Crippen LogP contribution in [0, 0.1) is 13.8 Å². The van der Waals surface area contributed by atoms with Crippen LogP contribution in [-0.4, -0.2) is 77.6 Å². The zero-order valence-electron chi connectivity index (χ0n) is 22.9. The monoisotopic (exact) mass is 577 g/mol. The number of para-hydroxylation sites is 1. The molecule has 1 saturated heterocycles. The fourth-order valence-corrected chi connectivity index (χ4v) is 5.81. The number of aryl methyl sites for hydroxylation is 3. The number of hydrogen-bond acceptors (Lipinski definition) is 8. The summed E-state index contributed by atoms with van der Waals surface area (Å²) in [7, 11) is 1.66. The van der Waals surface area contributed by atoms with E-state index in [-0.39, 0.29) is 31.2 Å². The molecular weight excluding hydrogens is 546 g/mol. The second-order valence-electron chi connectivity index (χ2n) is 10.2. The van der Waals surface area contributed by atoms with Gasteiger partial charge in [0.05, 0.1) is 11.4 Å². The first-order valence-corrected chi connectivity index (χ1v) is 14.0. The number of aromatic amines is 1. The first-order chi connectivity index (χ1) is 19.6. The number of primary amides is 1. The highest BCUT2D eigenvalue weighted by Crippen LogP contribution is 2.23. The lowest BCUT2D eigenvalue weighted by atomic mass is 9.95. The summed E-state index contributed by atoms with van der Waals surface area (Å²) >= 11 is 0.993. The van der Waals surface area contributed by atoms with E-state index >= 15 is 0 Å². The molecule has 0 radical (unpaired) electrons. The first-order valence-electron chi connectivity index (χ1n) is 13.2. The van der Waals surface area contributed by atoms with Gasteiger partial charge in [-0.3, -0.25) is 23.9 Å². The molecule has 3 atom stereocenters. The summed E-state index contributed by atoms with van der Waals surface area (Å²) in [5, 5.41) is 14.8. The number of fused-ring (bicyclic) bond motifs is 1. The fourth-order valence-electron chi connectivity index (χ4n) is 5.25. The van der Waals surface area contributed by atoms with E-state index in [1.165, 1.54) is 9.58 Å². The Labute approximate surface area is 239 Å². The maximum Gasteiger partial charge on any atom is 0.272 e. The van der Waals surface area contributed by atoms with Crippen LogP contribution in [0.3, 0.4) is 0 Å². The van der Waals surface area contributed by atoms with Gasteiger partial charge < -0.3 is 26.3 Å². The molecule has 1 aromatic carbocycles. The molecule has 4 amide bonds. The summed E-state index contributed by atoms with van der Waals surface area (Å²) in [5.74, 6) is -1.93. The third-order valence-electron chi connectivity index (χ3n) is 7.34. The molecular formula is C27H31N9O4S. The van der Waals surface area contributed by atoms with Crippen LogP contribution in [0.25, 0.3) is 10.9 Å². The van der Waals surface area contributed by atoms with E-state index in [0.717, 1.165) is 28.0 Å². The molecule has 5 N–H and O–H groups in total. The van der Waals surface area contributed by atoms with Gasteiger partial charge in [0.2, 0.25) is 11.8 Å². The highest BCUT2D eigenvalue weighted by Gasteiger charge is 2.39. The van der Waals surface area contributed by atoms with Crippen LogP contribution >= 0.6 is 11.5 Å². The van der Waals surface area contributed by atoms with E-state index in [0.29, 0.717) is 28.4 Å². The van der Waals surface area contributed by atoms with Crippen molar-refractivity contribution in [2.75, 3.05) is 6.54 Å². The summed E-state index contributed by atoms with van der Waals surface area (Å²) in [6.07, 6.45) is 2.53. The predicted molar refractivity (Wildman–Crippen MR) is 151 cm³/mol. The van der Waals surface area contributed by atoms with Gasteiger partial charge in [-0.05, 0) is 55.9 Å². The number of nitrogens with zero attached hydrogens (tertiary/aromatic N) is 5. The summed E-state index contributed by atoms with van der Waals surface area (Å²) in [6, 6.07) is 6.90. The normalized spacial score (nSPS) is 17.8. The number of benzene rings is 1. The lowest BCUT2D eigenvalue weighted by molar-refractivity contribution is -0.131. The summed E-state index contributed by atoms with van der Waals surface area (Å²) in [4.78, 5) is 57.8. The molecule has 1 aliphatic heterocycles. The van der Waals surface area contributed by atoms with E-state index in [4.69, 9.17) is 5.73 Å². The number of piperidine rings is 1. The van der Waals surface area contributed by atoms with Crippen LogP contribution in [0.5, 0.6) is 0 Å². The summed E-state index contributed by atoms with van der Waals surface area (Å²) < 4.78 is 5.29. The molecule has 0 spiro atoms. The van der Waals surface area contributed by atoms with Gasteiger partial charge in [0.25, 0.3) is 11.8 Å². The van der Waals surface area contributed by atoms with Crippen molar-refractivity contribution in [2.45, 2.75) is 51.2 Å². The van der Waals surface area contributed by atoms with E-state index in [1.54, 1.807) is 33.2 Å². The Hall–Kier alpha value is -4.59. The highest BCUT2D eigenvalue weighted by molar-refractivity contribution is 7.08. The van der Waals surface area contributed by atoms with Crippen molar-refractivity contribution in [2.24, 2.45) is 12.8 Å². The Bertz CT molecular complexity index is 1620. The fraction of sp³-hybridized carbons (Fsp3) is 0.370. The number of nitrogens with one attached hydrogen (secondary N) is 3. The highest BCUT2D eigenvalue weighted by atomic mass is 32.1. The Balaban J connectivity index is 1.38. The molecule has 14 heteroatoms. The number of aromatic nitrogens is 5. The molecule has 5 rings (SSSR count). The van der Waals surface area contributed by atoms with Gasteiger partial charge in [0, 0.05) is 43.2 Å². The minimum absolute atomic E-state index is 0.143. The van der Waals surface area contributed by atoms with Crippen molar-refractivity contribution < 1.29 is 19.2 Å².